The first kappa shape index (κ1) is 65.6. The number of allylic oxidation sites excluding steroid dienone is 14. The topological polar surface area (TPSA) is 78.9 Å². The lowest BCUT2D eigenvalue weighted by Crippen LogP contribution is -2.30. The number of ether oxygens (including phenoxy) is 3. The minimum atomic E-state index is -0.799. The smallest absolute Gasteiger partial charge is 0.306 e. The van der Waals surface area contributed by atoms with E-state index in [9.17, 15) is 14.4 Å². The molecular formula is C63H108O6. The molecule has 0 saturated carbocycles. The molecule has 6 nitrogen and oxygen atoms in total. The third-order valence-corrected chi connectivity index (χ3v) is 12.4. The Morgan fingerprint density at radius 3 is 0.913 bits per heavy atom. The molecule has 0 aromatic carbocycles. The summed E-state index contributed by atoms with van der Waals surface area (Å²) in [5, 5.41) is 0. The number of hydrogen-bond donors (Lipinski definition) is 0. The summed E-state index contributed by atoms with van der Waals surface area (Å²) in [5.74, 6) is -0.943. The maximum atomic E-state index is 12.9. The van der Waals surface area contributed by atoms with Crippen LogP contribution in [-0.4, -0.2) is 37.2 Å². The van der Waals surface area contributed by atoms with Crippen molar-refractivity contribution >= 4 is 17.9 Å². The molecule has 0 amide bonds. The standard InChI is InChI=1S/C63H108O6/c1-4-7-10-13-16-19-22-25-27-29-31-33-35-38-41-44-47-50-53-56-62(65)68-59-60(58-67-61(64)55-52-49-46-43-40-37-24-21-18-15-12-9-6-3)69-63(66)57-54-51-48-45-42-39-36-34-32-30-28-26-23-20-17-14-11-8-5-2/h7,10,16,19,25,27,30-33,37-38,40-41,60H,4-6,8-9,11-15,17-18,20-24,26,28-29,34-36,39,42-59H2,1-3H3/b10-7-,19-16-,27-25-,32-30-,33-31-,40-37-,41-38-. The molecule has 0 fully saturated rings. The lowest BCUT2D eigenvalue weighted by atomic mass is 10.1. The van der Waals surface area contributed by atoms with E-state index < -0.39 is 6.10 Å². The van der Waals surface area contributed by atoms with Crippen molar-refractivity contribution in [1.29, 1.82) is 0 Å². The highest BCUT2D eigenvalue weighted by atomic mass is 16.6. The predicted octanol–water partition coefficient (Wildman–Crippen LogP) is 19.5. The Bertz CT molecular complexity index is 1330. The van der Waals surface area contributed by atoms with Gasteiger partial charge in [-0.05, 0) is 116 Å². The Balaban J connectivity index is 4.44. The van der Waals surface area contributed by atoms with Crippen LogP contribution in [-0.2, 0) is 28.6 Å². The first-order chi connectivity index (χ1) is 34.0. The molecular weight excluding hydrogens is 853 g/mol. The van der Waals surface area contributed by atoms with Crippen LogP contribution in [0, 0.1) is 0 Å². The Kier molecular flexibility index (Phi) is 54.3. The van der Waals surface area contributed by atoms with E-state index in [0.29, 0.717) is 19.3 Å². The van der Waals surface area contributed by atoms with Gasteiger partial charge in [-0.2, -0.15) is 0 Å². The number of carbonyl (C=O) groups is 3. The molecule has 69 heavy (non-hydrogen) atoms. The fraction of sp³-hybridized carbons (Fsp3) is 0.730. The maximum Gasteiger partial charge on any atom is 0.306 e. The third kappa shape index (κ3) is 55.4. The molecule has 0 rings (SSSR count). The molecule has 0 heterocycles. The van der Waals surface area contributed by atoms with Crippen LogP contribution in [0.25, 0.3) is 0 Å². The molecule has 0 aliphatic carbocycles. The van der Waals surface area contributed by atoms with Crippen LogP contribution in [0.15, 0.2) is 85.1 Å². The molecule has 0 aromatic rings. The van der Waals surface area contributed by atoms with Gasteiger partial charge in [-0.3, -0.25) is 14.4 Å². The summed E-state index contributed by atoms with van der Waals surface area (Å²) in [6, 6.07) is 0. The molecule has 0 radical (unpaired) electrons. The Hall–Kier alpha value is -3.41. The minimum absolute atomic E-state index is 0.0966. The molecule has 0 N–H and O–H groups in total. The predicted molar refractivity (Wildman–Crippen MR) is 297 cm³/mol. The summed E-state index contributed by atoms with van der Waals surface area (Å²) in [5.41, 5.74) is 0. The quantitative estimate of drug-likeness (QED) is 0.0262. The summed E-state index contributed by atoms with van der Waals surface area (Å²) < 4.78 is 16.8. The number of esters is 3. The van der Waals surface area contributed by atoms with Crippen LogP contribution in [0.1, 0.15) is 278 Å². The van der Waals surface area contributed by atoms with E-state index in [1.54, 1.807) is 0 Å². The zero-order valence-corrected chi connectivity index (χ0v) is 45.3. The SMILES string of the molecule is CC/C=C\C/C=C\C/C=C\C/C=C\C/C=C\CCCCCC(=O)OCC(COC(=O)CCCCC/C=C\CCCCCCCC)OC(=O)CCCCCCCCC/C=C\CCCCCCCCCC. The van der Waals surface area contributed by atoms with E-state index in [1.807, 2.05) is 0 Å². The van der Waals surface area contributed by atoms with Crippen molar-refractivity contribution in [2.45, 2.75) is 284 Å². The zero-order valence-electron chi connectivity index (χ0n) is 45.3. The van der Waals surface area contributed by atoms with Crippen LogP contribution >= 0.6 is 0 Å². The van der Waals surface area contributed by atoms with Gasteiger partial charge in [0.1, 0.15) is 13.2 Å². The van der Waals surface area contributed by atoms with E-state index in [4.69, 9.17) is 14.2 Å². The molecule has 0 spiro atoms. The van der Waals surface area contributed by atoms with Gasteiger partial charge in [0.25, 0.3) is 0 Å². The van der Waals surface area contributed by atoms with Crippen LogP contribution in [0.5, 0.6) is 0 Å². The summed E-state index contributed by atoms with van der Waals surface area (Å²) in [4.78, 5) is 38.1. The van der Waals surface area contributed by atoms with Crippen LogP contribution < -0.4 is 0 Å². The normalized spacial score (nSPS) is 12.7. The molecule has 1 atom stereocenters. The average molecular weight is 962 g/mol. The lowest BCUT2D eigenvalue weighted by Gasteiger charge is -2.18. The van der Waals surface area contributed by atoms with Crippen LogP contribution in [0.2, 0.25) is 0 Å². The second kappa shape index (κ2) is 57.2. The van der Waals surface area contributed by atoms with Gasteiger partial charge in [0.15, 0.2) is 6.10 Å². The molecule has 0 saturated heterocycles. The Morgan fingerprint density at radius 2 is 0.565 bits per heavy atom. The first-order valence-corrected chi connectivity index (χ1v) is 29.1. The van der Waals surface area contributed by atoms with Crippen molar-refractivity contribution in [2.75, 3.05) is 13.2 Å². The second-order valence-corrected chi connectivity index (χ2v) is 19.2. The summed E-state index contributed by atoms with van der Waals surface area (Å²) in [7, 11) is 0. The second-order valence-electron chi connectivity index (χ2n) is 19.2. The van der Waals surface area contributed by atoms with Gasteiger partial charge in [-0.25, -0.2) is 0 Å². The number of unbranched alkanes of at least 4 members (excludes halogenated alkanes) is 27. The van der Waals surface area contributed by atoms with E-state index >= 15 is 0 Å². The van der Waals surface area contributed by atoms with Gasteiger partial charge >= 0.3 is 17.9 Å². The number of carbonyl (C=O) groups excluding carboxylic acids is 3. The molecule has 6 heteroatoms. The van der Waals surface area contributed by atoms with Crippen molar-refractivity contribution < 1.29 is 28.6 Å². The number of hydrogen-bond acceptors (Lipinski definition) is 6. The van der Waals surface area contributed by atoms with Crippen molar-refractivity contribution in [1.82, 2.24) is 0 Å². The van der Waals surface area contributed by atoms with Crippen LogP contribution in [0.4, 0.5) is 0 Å². The van der Waals surface area contributed by atoms with Crippen molar-refractivity contribution in [3.8, 4) is 0 Å². The van der Waals surface area contributed by atoms with Gasteiger partial charge in [-0.15, -0.1) is 0 Å². The maximum absolute atomic E-state index is 12.9. The summed E-state index contributed by atoms with van der Waals surface area (Å²) in [6.45, 7) is 6.49. The highest BCUT2D eigenvalue weighted by molar-refractivity contribution is 5.71. The third-order valence-electron chi connectivity index (χ3n) is 12.4. The van der Waals surface area contributed by atoms with E-state index in [1.165, 1.54) is 128 Å². The highest BCUT2D eigenvalue weighted by Gasteiger charge is 2.19. The first-order valence-electron chi connectivity index (χ1n) is 29.1. The van der Waals surface area contributed by atoms with Crippen molar-refractivity contribution in [3.05, 3.63) is 85.1 Å². The average Bonchev–Trinajstić information content (AvgIpc) is 3.35. The van der Waals surface area contributed by atoms with Crippen molar-refractivity contribution in [2.24, 2.45) is 0 Å². The Labute approximate surface area is 426 Å². The van der Waals surface area contributed by atoms with Gasteiger partial charge < -0.3 is 14.2 Å². The minimum Gasteiger partial charge on any atom is -0.462 e. The number of rotatable bonds is 52. The van der Waals surface area contributed by atoms with Gasteiger partial charge in [0.05, 0.1) is 0 Å². The molecule has 0 aromatic heterocycles. The van der Waals surface area contributed by atoms with E-state index in [-0.39, 0.29) is 31.1 Å². The van der Waals surface area contributed by atoms with Crippen molar-refractivity contribution in [3.63, 3.8) is 0 Å². The van der Waals surface area contributed by atoms with Gasteiger partial charge in [0.2, 0.25) is 0 Å². The van der Waals surface area contributed by atoms with Gasteiger partial charge in [0, 0.05) is 19.3 Å². The molecule has 396 valence electrons. The van der Waals surface area contributed by atoms with E-state index in [2.05, 4.69) is 106 Å². The Morgan fingerprint density at radius 1 is 0.304 bits per heavy atom. The van der Waals surface area contributed by atoms with Crippen LogP contribution in [0.3, 0.4) is 0 Å². The lowest BCUT2D eigenvalue weighted by molar-refractivity contribution is -0.167. The fourth-order valence-corrected chi connectivity index (χ4v) is 7.99. The zero-order chi connectivity index (χ0) is 50.0. The van der Waals surface area contributed by atoms with E-state index in [0.717, 1.165) is 109 Å². The summed E-state index contributed by atoms with van der Waals surface area (Å²) >= 11 is 0. The highest BCUT2D eigenvalue weighted by Crippen LogP contribution is 2.15. The molecule has 0 bridgehead atoms. The fourth-order valence-electron chi connectivity index (χ4n) is 7.99. The molecule has 1 unspecified atom stereocenters. The largest absolute Gasteiger partial charge is 0.462 e. The molecule has 0 aliphatic heterocycles. The van der Waals surface area contributed by atoms with Gasteiger partial charge in [-0.1, -0.05) is 228 Å². The molecule has 0 aliphatic rings. The summed E-state index contributed by atoms with van der Waals surface area (Å²) in [6.07, 6.45) is 74.3. The monoisotopic (exact) mass is 961 g/mol.